The van der Waals surface area contributed by atoms with Gasteiger partial charge in [0.1, 0.15) is 17.3 Å². The van der Waals surface area contributed by atoms with Crippen molar-refractivity contribution in [3.05, 3.63) is 98.2 Å². The standard InChI is InChI=1S/C32H32Cl2N4O3/c1-17(2)29-28-30(24-11-10-22(33)13-19(24)4)38(25-15-23(34)9-7-18(25)3)32(40)36-31(28)37(29)26-14-21(16-35-20(5)39)8-12-27(26)41-6/h7-15,17,30H,16H2,1-6H3,(H,35,39)/p+1. The Morgan fingerprint density at radius 2 is 1.76 bits per heavy atom. The average Bonchev–Trinajstić information content (AvgIpc) is 2.90. The number of carbonyl (C=O) groups excluding carboxylic acids is 2. The lowest BCUT2D eigenvalue weighted by atomic mass is 9.83. The number of nitrogens with zero attached hydrogens (tertiary/aromatic N) is 2. The van der Waals surface area contributed by atoms with Crippen LogP contribution in [-0.4, -0.2) is 29.5 Å². The Morgan fingerprint density at radius 3 is 2.41 bits per heavy atom. The smallest absolute Gasteiger partial charge is 0.414 e. The summed E-state index contributed by atoms with van der Waals surface area (Å²) in [5, 5.41) is 7.21. The minimum Gasteiger partial charge on any atom is -0.492 e. The number of halogens is 2. The molecule has 1 atom stereocenters. The van der Waals surface area contributed by atoms with Crippen LogP contribution in [0.3, 0.4) is 0 Å². The van der Waals surface area contributed by atoms with Crippen molar-refractivity contribution in [2.75, 3.05) is 12.0 Å². The van der Waals surface area contributed by atoms with Crippen LogP contribution in [0.15, 0.2) is 65.9 Å². The first-order valence-corrected chi connectivity index (χ1v) is 14.2. The summed E-state index contributed by atoms with van der Waals surface area (Å²) in [5.74, 6) is 1.35. The Hall–Kier alpha value is -3.81. The highest BCUT2D eigenvalue weighted by Crippen LogP contribution is 2.48. The molecule has 3 aromatic rings. The fourth-order valence-electron chi connectivity index (χ4n) is 5.63. The van der Waals surface area contributed by atoms with Gasteiger partial charge in [-0.1, -0.05) is 55.2 Å². The van der Waals surface area contributed by atoms with Crippen molar-refractivity contribution in [1.82, 2.24) is 10.6 Å². The van der Waals surface area contributed by atoms with Crippen LogP contribution in [0, 0.1) is 19.8 Å². The van der Waals surface area contributed by atoms with Gasteiger partial charge in [0.2, 0.25) is 5.91 Å². The van der Waals surface area contributed by atoms with Gasteiger partial charge < -0.3 is 10.1 Å². The molecule has 5 rings (SSSR count). The number of methoxy groups -OCH3 is 1. The molecule has 2 aliphatic rings. The molecule has 0 radical (unpaired) electrons. The fourth-order valence-corrected chi connectivity index (χ4v) is 6.02. The SMILES string of the molecule is COc1ccc(CNC(C)=O)cc1[N+]1=C2NC(=O)N(c3cc(Cl)ccc3C)C(c3ccc(Cl)cc3C)C2=C1C(C)C. The van der Waals surface area contributed by atoms with E-state index in [2.05, 4.69) is 29.1 Å². The summed E-state index contributed by atoms with van der Waals surface area (Å²) in [4.78, 5) is 27.4. The maximum atomic E-state index is 14.1. The molecule has 2 N–H and O–H groups in total. The van der Waals surface area contributed by atoms with Crippen molar-refractivity contribution < 1.29 is 18.9 Å². The molecule has 41 heavy (non-hydrogen) atoms. The Morgan fingerprint density at radius 1 is 1.05 bits per heavy atom. The number of rotatable bonds is 7. The lowest BCUT2D eigenvalue weighted by Crippen LogP contribution is -2.59. The van der Waals surface area contributed by atoms with Gasteiger partial charge in [-0.3, -0.25) is 9.69 Å². The monoisotopic (exact) mass is 591 g/mol. The lowest BCUT2D eigenvalue weighted by molar-refractivity contribution is -0.411. The zero-order valence-corrected chi connectivity index (χ0v) is 25.4. The van der Waals surface area contributed by atoms with E-state index >= 15 is 0 Å². The maximum Gasteiger partial charge on any atom is 0.414 e. The first-order valence-electron chi connectivity index (χ1n) is 13.5. The number of allylic oxidation sites excluding steroid dienone is 1. The predicted molar refractivity (Wildman–Crippen MR) is 163 cm³/mol. The molecule has 1 saturated heterocycles. The molecule has 2 heterocycles. The molecule has 212 valence electrons. The van der Waals surface area contributed by atoms with Gasteiger partial charge in [-0.2, -0.15) is 9.89 Å². The van der Waals surface area contributed by atoms with Gasteiger partial charge in [0.15, 0.2) is 11.4 Å². The number of amidine groups is 1. The molecule has 0 aliphatic carbocycles. The molecular weight excluding hydrogens is 559 g/mol. The highest BCUT2D eigenvalue weighted by molar-refractivity contribution is 6.31. The Balaban J connectivity index is 1.74. The predicted octanol–water partition coefficient (Wildman–Crippen LogP) is 7.19. The maximum absolute atomic E-state index is 14.1. The van der Waals surface area contributed by atoms with E-state index in [-0.39, 0.29) is 17.9 Å². The van der Waals surface area contributed by atoms with E-state index in [1.807, 2.05) is 68.4 Å². The number of aryl methyl sites for hydroxylation is 2. The van der Waals surface area contributed by atoms with Crippen molar-refractivity contribution in [2.24, 2.45) is 5.92 Å². The number of ether oxygens (including phenoxy) is 1. The number of nitrogens with one attached hydrogen (secondary N) is 2. The van der Waals surface area contributed by atoms with Crippen LogP contribution < -0.4 is 20.3 Å². The van der Waals surface area contributed by atoms with Crippen LogP contribution in [0.25, 0.3) is 0 Å². The van der Waals surface area contributed by atoms with Gasteiger partial charge in [-0.15, -0.1) is 0 Å². The van der Waals surface area contributed by atoms with E-state index in [1.54, 1.807) is 12.0 Å². The number of urea groups is 1. The first-order chi connectivity index (χ1) is 19.5. The van der Waals surface area contributed by atoms with E-state index in [1.165, 1.54) is 6.92 Å². The van der Waals surface area contributed by atoms with Gasteiger partial charge in [-0.05, 0) is 72.5 Å². The quantitative estimate of drug-likeness (QED) is 0.285. The van der Waals surface area contributed by atoms with Crippen LogP contribution >= 0.6 is 23.2 Å². The molecule has 7 nitrogen and oxygen atoms in total. The molecule has 0 spiro atoms. The summed E-state index contributed by atoms with van der Waals surface area (Å²) in [7, 11) is 1.62. The largest absolute Gasteiger partial charge is 0.492 e. The number of benzene rings is 3. The normalized spacial score (nSPS) is 16.5. The minimum atomic E-state index is -0.421. The lowest BCUT2D eigenvalue weighted by Gasteiger charge is -2.42. The van der Waals surface area contributed by atoms with Crippen LogP contribution in [0.1, 0.15) is 49.1 Å². The summed E-state index contributed by atoms with van der Waals surface area (Å²) in [5.41, 5.74) is 7.38. The second-order valence-electron chi connectivity index (χ2n) is 10.7. The van der Waals surface area contributed by atoms with E-state index in [4.69, 9.17) is 27.9 Å². The van der Waals surface area contributed by atoms with Gasteiger partial charge >= 0.3 is 6.03 Å². The van der Waals surface area contributed by atoms with E-state index in [0.717, 1.165) is 44.9 Å². The molecule has 0 aromatic heterocycles. The van der Waals surface area contributed by atoms with E-state index < -0.39 is 6.04 Å². The second-order valence-corrected chi connectivity index (χ2v) is 11.6. The highest BCUT2D eigenvalue weighted by Gasteiger charge is 2.53. The van der Waals surface area contributed by atoms with Crippen molar-refractivity contribution in [2.45, 2.75) is 47.2 Å². The van der Waals surface area contributed by atoms with Gasteiger partial charge in [-0.25, -0.2) is 4.79 Å². The summed E-state index contributed by atoms with van der Waals surface area (Å²) in [6, 6.07) is 16.5. The Bertz CT molecular complexity index is 1640. The minimum absolute atomic E-state index is 0.102. The third-order valence-electron chi connectivity index (χ3n) is 7.50. The van der Waals surface area contributed by atoms with Gasteiger partial charge in [0, 0.05) is 29.4 Å². The molecule has 0 saturated carbocycles. The number of carbonyl (C=O) groups is 2. The number of amides is 3. The topological polar surface area (TPSA) is 73.7 Å². The number of hydrogen-bond donors (Lipinski definition) is 2. The van der Waals surface area contributed by atoms with Gasteiger partial charge in [0.05, 0.1) is 12.8 Å². The van der Waals surface area contributed by atoms with Crippen molar-refractivity contribution >= 4 is 52.4 Å². The second kappa shape index (κ2) is 11.2. The molecular formula is C32H33Cl2N4O3+. The van der Waals surface area contributed by atoms with E-state index in [9.17, 15) is 9.59 Å². The molecule has 2 aliphatic heterocycles. The summed E-state index contributed by atoms with van der Waals surface area (Å²) < 4.78 is 7.83. The third-order valence-corrected chi connectivity index (χ3v) is 7.97. The summed E-state index contributed by atoms with van der Waals surface area (Å²) in [6.45, 7) is 10.1. The zero-order chi connectivity index (χ0) is 29.6. The van der Waals surface area contributed by atoms with Crippen LogP contribution in [0.2, 0.25) is 10.0 Å². The van der Waals surface area contributed by atoms with Crippen LogP contribution in [-0.2, 0) is 11.3 Å². The third kappa shape index (κ3) is 5.20. The fraction of sp³-hybridized carbons (Fsp3) is 0.281. The molecule has 1 fully saturated rings. The number of anilines is 1. The zero-order valence-electron chi connectivity index (χ0n) is 23.9. The first kappa shape index (κ1) is 28.7. The van der Waals surface area contributed by atoms with E-state index in [0.29, 0.717) is 28.2 Å². The molecule has 9 heteroatoms. The van der Waals surface area contributed by atoms with Crippen molar-refractivity contribution in [1.29, 1.82) is 0 Å². The molecule has 0 bridgehead atoms. The Labute approximate surface area is 250 Å². The molecule has 1 unspecified atom stereocenters. The average molecular weight is 593 g/mol. The van der Waals surface area contributed by atoms with Crippen molar-refractivity contribution in [3.63, 3.8) is 0 Å². The summed E-state index contributed by atoms with van der Waals surface area (Å²) in [6.07, 6.45) is 0. The Kier molecular flexibility index (Phi) is 7.86. The summed E-state index contributed by atoms with van der Waals surface area (Å²) >= 11 is 12.8. The van der Waals surface area contributed by atoms with Crippen LogP contribution in [0.4, 0.5) is 16.2 Å². The van der Waals surface area contributed by atoms with Gasteiger partial charge in [0.25, 0.3) is 5.84 Å². The number of hydrogen-bond acceptors (Lipinski definition) is 3. The van der Waals surface area contributed by atoms with Crippen LogP contribution in [0.5, 0.6) is 5.75 Å². The highest BCUT2D eigenvalue weighted by atomic mass is 35.5. The van der Waals surface area contributed by atoms with Crippen molar-refractivity contribution in [3.8, 4) is 5.75 Å². The molecule has 3 aromatic carbocycles. The number of fused-ring (bicyclic) bond motifs is 1. The molecule has 3 amide bonds.